The number of rotatable bonds is 4. The highest BCUT2D eigenvalue weighted by Crippen LogP contribution is 2.22. The number of aliphatic hydroxyl groups is 1. The van der Waals surface area contributed by atoms with Crippen LogP contribution < -0.4 is 5.32 Å². The molecule has 0 aromatic carbocycles. The van der Waals surface area contributed by atoms with E-state index < -0.39 is 24.2 Å². The van der Waals surface area contributed by atoms with Crippen molar-refractivity contribution < 1.29 is 18.3 Å². The SMILES string of the molecule is CC(CC(F)(F)F)NC(C)(C)CO. The second kappa shape index (κ2) is 4.28. The van der Waals surface area contributed by atoms with Gasteiger partial charge in [0.05, 0.1) is 13.0 Å². The van der Waals surface area contributed by atoms with Crippen LogP contribution in [-0.2, 0) is 0 Å². The Labute approximate surface area is 76.1 Å². The van der Waals surface area contributed by atoms with Crippen molar-refractivity contribution in [1.29, 1.82) is 0 Å². The van der Waals surface area contributed by atoms with E-state index in [0.29, 0.717) is 0 Å². The standard InChI is InChI=1S/C8H16F3NO/c1-6(4-8(9,10)11)12-7(2,3)5-13/h6,12-13H,4-5H2,1-3H3. The average molecular weight is 199 g/mol. The molecular formula is C8H16F3NO. The summed E-state index contributed by atoms with van der Waals surface area (Å²) >= 11 is 0. The smallest absolute Gasteiger partial charge is 0.390 e. The first kappa shape index (κ1) is 12.7. The van der Waals surface area contributed by atoms with Crippen LogP contribution in [0, 0.1) is 0 Å². The van der Waals surface area contributed by atoms with E-state index in [1.54, 1.807) is 13.8 Å². The fourth-order valence-corrected chi connectivity index (χ4v) is 1.11. The van der Waals surface area contributed by atoms with Crippen LogP contribution in [0.1, 0.15) is 27.2 Å². The van der Waals surface area contributed by atoms with Crippen molar-refractivity contribution in [2.24, 2.45) is 0 Å². The molecule has 0 saturated heterocycles. The highest BCUT2D eigenvalue weighted by Gasteiger charge is 2.31. The fraction of sp³-hybridized carbons (Fsp3) is 1.00. The Balaban J connectivity index is 3.94. The molecule has 0 aliphatic carbocycles. The van der Waals surface area contributed by atoms with Gasteiger partial charge in [0.2, 0.25) is 0 Å². The third-order valence-electron chi connectivity index (χ3n) is 1.57. The molecule has 0 fully saturated rings. The number of hydrogen-bond donors (Lipinski definition) is 2. The zero-order valence-corrected chi connectivity index (χ0v) is 8.07. The summed E-state index contributed by atoms with van der Waals surface area (Å²) in [5.41, 5.74) is -0.662. The van der Waals surface area contributed by atoms with Crippen LogP contribution in [0.25, 0.3) is 0 Å². The van der Waals surface area contributed by atoms with Crippen LogP contribution in [0.15, 0.2) is 0 Å². The molecule has 1 atom stereocenters. The number of nitrogens with one attached hydrogen (secondary N) is 1. The molecule has 0 aromatic heterocycles. The maximum Gasteiger partial charge on any atom is 0.390 e. The van der Waals surface area contributed by atoms with Gasteiger partial charge >= 0.3 is 6.18 Å². The highest BCUT2D eigenvalue weighted by atomic mass is 19.4. The summed E-state index contributed by atoms with van der Waals surface area (Å²) in [5, 5.41) is 11.5. The molecule has 0 saturated carbocycles. The van der Waals surface area contributed by atoms with Gasteiger partial charge in [-0.2, -0.15) is 13.2 Å². The van der Waals surface area contributed by atoms with Crippen molar-refractivity contribution in [2.75, 3.05) is 6.61 Å². The number of halogens is 3. The van der Waals surface area contributed by atoms with Crippen molar-refractivity contribution in [2.45, 2.75) is 44.9 Å². The molecule has 0 aliphatic rings. The third-order valence-corrected chi connectivity index (χ3v) is 1.57. The van der Waals surface area contributed by atoms with Gasteiger partial charge in [-0.25, -0.2) is 0 Å². The van der Waals surface area contributed by atoms with E-state index in [0.717, 1.165) is 0 Å². The maximum absolute atomic E-state index is 11.9. The molecule has 1 unspecified atom stereocenters. The van der Waals surface area contributed by atoms with Gasteiger partial charge in [-0.15, -0.1) is 0 Å². The Morgan fingerprint density at radius 1 is 1.31 bits per heavy atom. The molecule has 80 valence electrons. The summed E-state index contributed by atoms with van der Waals surface area (Å²) in [6, 6.07) is -0.679. The van der Waals surface area contributed by atoms with Crippen LogP contribution in [0.3, 0.4) is 0 Å². The second-order valence-corrected chi connectivity index (χ2v) is 3.91. The van der Waals surface area contributed by atoms with Crippen molar-refractivity contribution in [3.63, 3.8) is 0 Å². The number of alkyl halides is 3. The Morgan fingerprint density at radius 2 is 1.77 bits per heavy atom. The van der Waals surface area contributed by atoms with E-state index >= 15 is 0 Å². The van der Waals surface area contributed by atoms with Crippen LogP contribution in [0.4, 0.5) is 13.2 Å². The largest absolute Gasteiger partial charge is 0.394 e. The molecule has 0 spiro atoms. The fourth-order valence-electron chi connectivity index (χ4n) is 1.11. The lowest BCUT2D eigenvalue weighted by atomic mass is 10.0. The van der Waals surface area contributed by atoms with Gasteiger partial charge < -0.3 is 10.4 Å². The normalized spacial score (nSPS) is 15.9. The van der Waals surface area contributed by atoms with Gasteiger partial charge in [0.15, 0.2) is 0 Å². The van der Waals surface area contributed by atoms with Crippen LogP contribution >= 0.6 is 0 Å². The molecule has 0 heterocycles. The first-order valence-corrected chi connectivity index (χ1v) is 4.11. The first-order chi connectivity index (χ1) is 5.66. The summed E-state index contributed by atoms with van der Waals surface area (Å²) < 4.78 is 35.6. The summed E-state index contributed by atoms with van der Waals surface area (Å²) in [5.74, 6) is 0. The number of hydrogen-bond acceptors (Lipinski definition) is 2. The minimum Gasteiger partial charge on any atom is -0.394 e. The van der Waals surface area contributed by atoms with Crippen molar-refractivity contribution >= 4 is 0 Å². The Hall–Kier alpha value is -0.290. The highest BCUT2D eigenvalue weighted by molar-refractivity contribution is 4.80. The van der Waals surface area contributed by atoms with Gasteiger partial charge in [0.25, 0.3) is 0 Å². The van der Waals surface area contributed by atoms with Crippen molar-refractivity contribution in [3.05, 3.63) is 0 Å². The maximum atomic E-state index is 11.9. The van der Waals surface area contributed by atoms with E-state index in [1.165, 1.54) is 6.92 Å². The Bertz CT molecular complexity index is 156. The minimum absolute atomic E-state index is 0.185. The van der Waals surface area contributed by atoms with E-state index in [-0.39, 0.29) is 6.61 Å². The van der Waals surface area contributed by atoms with Crippen LogP contribution in [0.2, 0.25) is 0 Å². The summed E-state index contributed by atoms with van der Waals surface area (Å²) in [4.78, 5) is 0. The predicted octanol–water partition coefficient (Wildman–Crippen LogP) is 1.69. The van der Waals surface area contributed by atoms with E-state index in [9.17, 15) is 13.2 Å². The zero-order chi connectivity index (χ0) is 10.7. The quantitative estimate of drug-likeness (QED) is 0.722. The zero-order valence-electron chi connectivity index (χ0n) is 8.07. The Morgan fingerprint density at radius 3 is 2.08 bits per heavy atom. The molecule has 2 N–H and O–H groups in total. The molecule has 0 amide bonds. The Kier molecular flexibility index (Phi) is 4.19. The second-order valence-electron chi connectivity index (χ2n) is 3.91. The molecule has 0 aliphatic heterocycles. The number of aliphatic hydroxyl groups excluding tert-OH is 1. The summed E-state index contributed by atoms with van der Waals surface area (Å²) in [6.45, 7) is 4.57. The molecule has 5 heteroatoms. The molecule has 0 radical (unpaired) electrons. The van der Waals surface area contributed by atoms with Gasteiger partial charge in [0.1, 0.15) is 0 Å². The molecular weight excluding hydrogens is 183 g/mol. The van der Waals surface area contributed by atoms with Gasteiger partial charge in [-0.05, 0) is 20.8 Å². The molecule has 0 bridgehead atoms. The van der Waals surface area contributed by atoms with E-state index in [4.69, 9.17) is 5.11 Å². The van der Waals surface area contributed by atoms with Gasteiger partial charge in [-0.1, -0.05) is 0 Å². The molecule has 2 nitrogen and oxygen atoms in total. The predicted molar refractivity (Wildman–Crippen MR) is 44.4 cm³/mol. The average Bonchev–Trinajstić information content (AvgIpc) is 1.81. The van der Waals surface area contributed by atoms with Gasteiger partial charge in [0, 0.05) is 11.6 Å². The third kappa shape index (κ3) is 6.83. The lowest BCUT2D eigenvalue weighted by molar-refractivity contribution is -0.140. The molecule has 0 rings (SSSR count). The molecule has 13 heavy (non-hydrogen) atoms. The van der Waals surface area contributed by atoms with Crippen molar-refractivity contribution in [3.8, 4) is 0 Å². The lowest BCUT2D eigenvalue weighted by Crippen LogP contribution is -2.48. The summed E-state index contributed by atoms with van der Waals surface area (Å²) in [6.07, 6.45) is -5.03. The van der Waals surface area contributed by atoms with Crippen LogP contribution in [0.5, 0.6) is 0 Å². The van der Waals surface area contributed by atoms with Crippen molar-refractivity contribution in [1.82, 2.24) is 5.32 Å². The van der Waals surface area contributed by atoms with Gasteiger partial charge in [-0.3, -0.25) is 0 Å². The van der Waals surface area contributed by atoms with E-state index in [1.807, 2.05) is 0 Å². The molecule has 0 aromatic rings. The van der Waals surface area contributed by atoms with Crippen LogP contribution in [-0.4, -0.2) is 29.5 Å². The summed E-state index contributed by atoms with van der Waals surface area (Å²) in [7, 11) is 0. The minimum atomic E-state index is -4.15. The lowest BCUT2D eigenvalue weighted by Gasteiger charge is -2.28. The topological polar surface area (TPSA) is 32.3 Å². The van der Waals surface area contributed by atoms with E-state index in [2.05, 4.69) is 5.32 Å². The first-order valence-electron chi connectivity index (χ1n) is 4.11. The monoisotopic (exact) mass is 199 g/mol.